The van der Waals surface area contributed by atoms with Crippen LogP contribution in [-0.4, -0.2) is 28.8 Å². The molecule has 2 heteroatoms. The summed E-state index contributed by atoms with van der Waals surface area (Å²) in [5, 5.41) is 1.33. The summed E-state index contributed by atoms with van der Waals surface area (Å²) in [7, 11) is -0.684. The highest BCUT2D eigenvalue weighted by atomic mass is 32.3. The molecule has 0 saturated heterocycles. The van der Waals surface area contributed by atoms with Crippen LogP contribution in [-0.2, 0) is 4.79 Å². The average Bonchev–Trinajstić information content (AvgIpc) is 2.30. The zero-order valence-electron chi connectivity index (χ0n) is 10.8. The lowest BCUT2D eigenvalue weighted by atomic mass is 9.99. The first-order valence-electron chi connectivity index (χ1n) is 6.86. The molecule has 0 N–H and O–H groups in total. The summed E-state index contributed by atoms with van der Waals surface area (Å²) in [6.45, 7) is 0. The van der Waals surface area contributed by atoms with Crippen molar-refractivity contribution in [2.24, 2.45) is 0 Å². The molecule has 2 fully saturated rings. The highest BCUT2D eigenvalue weighted by molar-refractivity contribution is 8.34. The second kappa shape index (κ2) is 5.12. The number of carbonyl (C=O) groups is 1. The van der Waals surface area contributed by atoms with E-state index in [0.29, 0.717) is 11.0 Å². The van der Waals surface area contributed by atoms with Crippen LogP contribution in [0.4, 0.5) is 0 Å². The standard InChI is InChI=1S/C14H26OS/c1-16(2,12-8-4-3-5-9-12)14-11-7-6-10-13(14)15/h12,14H,3-11H2,1-2H3. The molecule has 0 radical (unpaired) electrons. The van der Waals surface area contributed by atoms with E-state index in [4.69, 9.17) is 0 Å². The van der Waals surface area contributed by atoms with E-state index < -0.39 is 10.0 Å². The van der Waals surface area contributed by atoms with Crippen LogP contribution in [0.5, 0.6) is 0 Å². The first-order valence-corrected chi connectivity index (χ1v) is 9.43. The van der Waals surface area contributed by atoms with Crippen molar-refractivity contribution in [2.75, 3.05) is 12.5 Å². The van der Waals surface area contributed by atoms with Crippen LogP contribution < -0.4 is 0 Å². The quantitative estimate of drug-likeness (QED) is 0.718. The SMILES string of the molecule is CS(C)(C1CCCCC1)C1CCCCC1=O. The Kier molecular flexibility index (Phi) is 3.99. The van der Waals surface area contributed by atoms with Crippen molar-refractivity contribution in [1.29, 1.82) is 0 Å². The van der Waals surface area contributed by atoms with E-state index in [0.717, 1.165) is 18.1 Å². The van der Waals surface area contributed by atoms with Crippen molar-refractivity contribution in [2.45, 2.75) is 68.3 Å². The Balaban J connectivity index is 2.06. The number of ketones is 1. The van der Waals surface area contributed by atoms with Crippen molar-refractivity contribution >= 4 is 15.8 Å². The van der Waals surface area contributed by atoms with Crippen LogP contribution in [0.1, 0.15) is 57.8 Å². The fourth-order valence-electron chi connectivity index (χ4n) is 3.50. The number of Topliss-reactive ketones (excluding diaryl/α,β-unsaturated/α-hetero) is 1. The van der Waals surface area contributed by atoms with E-state index in [2.05, 4.69) is 12.5 Å². The molecule has 2 saturated carbocycles. The van der Waals surface area contributed by atoms with E-state index >= 15 is 0 Å². The Bertz CT molecular complexity index is 253. The summed E-state index contributed by atoms with van der Waals surface area (Å²) in [5.41, 5.74) is 0. The van der Waals surface area contributed by atoms with E-state index in [9.17, 15) is 4.79 Å². The minimum Gasteiger partial charge on any atom is -0.299 e. The second-order valence-corrected chi connectivity index (χ2v) is 10.2. The summed E-state index contributed by atoms with van der Waals surface area (Å²) < 4.78 is 0. The van der Waals surface area contributed by atoms with Gasteiger partial charge in [0.15, 0.2) is 0 Å². The molecule has 16 heavy (non-hydrogen) atoms. The van der Waals surface area contributed by atoms with Crippen LogP contribution in [0.2, 0.25) is 0 Å². The van der Waals surface area contributed by atoms with Gasteiger partial charge in [-0.05, 0) is 43.4 Å². The summed E-state index contributed by atoms with van der Waals surface area (Å²) in [4.78, 5) is 12.1. The Morgan fingerprint density at radius 1 is 0.938 bits per heavy atom. The first kappa shape index (κ1) is 12.5. The molecule has 0 aromatic rings. The highest BCUT2D eigenvalue weighted by Gasteiger charge is 2.38. The topological polar surface area (TPSA) is 17.1 Å². The third-order valence-corrected chi connectivity index (χ3v) is 8.80. The van der Waals surface area contributed by atoms with Gasteiger partial charge in [-0.2, -0.15) is 0 Å². The zero-order valence-corrected chi connectivity index (χ0v) is 11.7. The van der Waals surface area contributed by atoms with Crippen molar-refractivity contribution in [3.8, 4) is 0 Å². The number of rotatable bonds is 2. The van der Waals surface area contributed by atoms with E-state index in [-0.39, 0.29) is 0 Å². The molecule has 1 atom stereocenters. The second-order valence-electron chi connectivity index (χ2n) is 5.95. The molecule has 94 valence electrons. The number of hydrogen-bond acceptors (Lipinski definition) is 1. The van der Waals surface area contributed by atoms with Gasteiger partial charge in [0.2, 0.25) is 0 Å². The largest absolute Gasteiger partial charge is 0.299 e. The van der Waals surface area contributed by atoms with E-state index in [1.807, 2.05) is 0 Å². The maximum absolute atomic E-state index is 12.1. The molecule has 2 rings (SSSR count). The molecule has 2 aliphatic carbocycles. The lowest BCUT2D eigenvalue weighted by molar-refractivity contribution is -0.119. The highest BCUT2D eigenvalue weighted by Crippen LogP contribution is 2.57. The smallest absolute Gasteiger partial charge is 0.144 e. The molecule has 0 bridgehead atoms. The van der Waals surface area contributed by atoms with Gasteiger partial charge in [-0.3, -0.25) is 4.79 Å². The Labute approximate surface area is 102 Å². The van der Waals surface area contributed by atoms with Crippen LogP contribution >= 0.6 is 10.0 Å². The summed E-state index contributed by atoms with van der Waals surface area (Å²) in [6, 6.07) is 0. The Morgan fingerprint density at radius 3 is 2.19 bits per heavy atom. The van der Waals surface area contributed by atoms with Gasteiger partial charge in [0.25, 0.3) is 0 Å². The summed E-state index contributed by atoms with van der Waals surface area (Å²) in [5.74, 6) is 0.594. The van der Waals surface area contributed by atoms with Gasteiger partial charge in [-0.25, -0.2) is 10.0 Å². The predicted molar refractivity (Wildman–Crippen MR) is 73.6 cm³/mol. The minimum absolute atomic E-state index is 0.448. The van der Waals surface area contributed by atoms with Crippen molar-refractivity contribution < 1.29 is 4.79 Å². The van der Waals surface area contributed by atoms with Crippen molar-refractivity contribution in [1.82, 2.24) is 0 Å². The van der Waals surface area contributed by atoms with Crippen LogP contribution in [0.3, 0.4) is 0 Å². The van der Waals surface area contributed by atoms with E-state index in [1.165, 1.54) is 44.9 Å². The molecule has 1 unspecified atom stereocenters. The Hall–Kier alpha value is 0.0200. The van der Waals surface area contributed by atoms with Gasteiger partial charge in [-0.15, -0.1) is 0 Å². The molecule has 0 aromatic carbocycles. The average molecular weight is 242 g/mol. The lowest BCUT2D eigenvalue weighted by Crippen LogP contribution is -2.36. The van der Waals surface area contributed by atoms with Crippen LogP contribution in [0.15, 0.2) is 0 Å². The van der Waals surface area contributed by atoms with Crippen LogP contribution in [0.25, 0.3) is 0 Å². The van der Waals surface area contributed by atoms with Crippen molar-refractivity contribution in [3.05, 3.63) is 0 Å². The van der Waals surface area contributed by atoms with Gasteiger partial charge in [0.1, 0.15) is 5.78 Å². The van der Waals surface area contributed by atoms with Gasteiger partial charge < -0.3 is 0 Å². The van der Waals surface area contributed by atoms with E-state index in [1.54, 1.807) is 0 Å². The van der Waals surface area contributed by atoms with Gasteiger partial charge in [-0.1, -0.05) is 25.7 Å². The number of hydrogen-bond donors (Lipinski definition) is 0. The van der Waals surface area contributed by atoms with Gasteiger partial charge in [0.05, 0.1) is 0 Å². The number of carbonyl (C=O) groups excluding carboxylic acids is 1. The third kappa shape index (κ3) is 2.47. The summed E-state index contributed by atoms with van der Waals surface area (Å²) in [6.07, 6.45) is 16.4. The normalized spacial score (nSPS) is 30.4. The molecular formula is C14H26OS. The minimum atomic E-state index is -0.684. The molecule has 0 spiro atoms. The molecule has 0 amide bonds. The lowest BCUT2D eigenvalue weighted by Gasteiger charge is -2.48. The molecular weight excluding hydrogens is 216 g/mol. The maximum Gasteiger partial charge on any atom is 0.144 e. The predicted octanol–water partition coefficient (Wildman–Crippen LogP) is 3.90. The molecule has 0 aromatic heterocycles. The van der Waals surface area contributed by atoms with Crippen molar-refractivity contribution in [3.63, 3.8) is 0 Å². The molecule has 1 nitrogen and oxygen atoms in total. The van der Waals surface area contributed by atoms with Crippen LogP contribution in [0, 0.1) is 0 Å². The first-order chi connectivity index (χ1) is 7.62. The maximum atomic E-state index is 12.1. The molecule has 0 aliphatic heterocycles. The van der Waals surface area contributed by atoms with Gasteiger partial charge in [0, 0.05) is 11.7 Å². The summed E-state index contributed by atoms with van der Waals surface area (Å²) >= 11 is 0. The monoisotopic (exact) mass is 242 g/mol. The third-order valence-electron chi connectivity index (χ3n) is 4.64. The molecule has 2 aliphatic rings. The fourth-order valence-corrected chi connectivity index (χ4v) is 7.08. The molecule has 0 heterocycles. The van der Waals surface area contributed by atoms with Gasteiger partial charge >= 0.3 is 0 Å². The fraction of sp³-hybridized carbons (Fsp3) is 0.929. The zero-order chi connectivity index (χ0) is 11.6. The Morgan fingerprint density at radius 2 is 1.56 bits per heavy atom.